The topological polar surface area (TPSA) is 459 Å². The molecule has 10 rings (SSSR count). The number of nitrogens with two attached hydrogens (primary N) is 2. The van der Waals surface area contributed by atoms with Crippen molar-refractivity contribution in [1.29, 1.82) is 0 Å². The molecule has 0 radical (unpaired) electrons. The van der Waals surface area contributed by atoms with E-state index >= 15 is 0 Å². The van der Waals surface area contributed by atoms with Gasteiger partial charge in [0.1, 0.15) is 64.7 Å². The van der Waals surface area contributed by atoms with Crippen LogP contribution in [-0.4, -0.2) is 198 Å². The first-order valence-electron chi connectivity index (χ1n) is 31.3. The first-order chi connectivity index (χ1) is 47.4. The van der Waals surface area contributed by atoms with Crippen LogP contribution in [0.3, 0.4) is 0 Å². The number of aryl methyl sites for hydroxylation is 4. The fourth-order valence-electron chi connectivity index (χ4n) is 11.2. The molecule has 2 aliphatic heterocycles. The zero-order valence-corrected chi connectivity index (χ0v) is 54.5. The SMILES string of the molecule is CCn1nc(C)cc1C(=O)Nc1nc2cc(C(N)=O)cc(OC)c2n1C/C=C/Cn1c2nc(-c3cc(C)nn3CC)ncc2c2cc(C(N)=O)cc(OCCCN(C)C(=O)OCc3ccc(O[C@@H]4O[C@H](C(=O)O)[C@@H](O)[C@H](O)[C@H]4O)c(NC(=O)CCNC(=O)CCN4C(=O)C=CC4=O)c3)c21. The van der Waals surface area contributed by atoms with Crippen molar-refractivity contribution >= 4 is 98.0 Å². The zero-order chi connectivity index (χ0) is 71.1. The lowest BCUT2D eigenvalue weighted by Gasteiger charge is -2.38. The summed E-state index contributed by atoms with van der Waals surface area (Å²) >= 11 is 0. The van der Waals surface area contributed by atoms with Crippen LogP contribution in [-0.2, 0) is 66.2 Å². The second-order valence-corrected chi connectivity index (χ2v) is 23.1. The number of nitrogens with zero attached hydrogens (tertiary/aromatic N) is 11. The fraction of sp³-hybridized carbons (Fsp3) is 0.354. The summed E-state index contributed by atoms with van der Waals surface area (Å²) in [6.45, 7) is 7.89. The Kier molecular flexibility index (Phi) is 21.4. The second-order valence-electron chi connectivity index (χ2n) is 23.1. The first kappa shape index (κ1) is 70.2. The Morgan fingerprint density at radius 3 is 2.14 bits per heavy atom. The monoisotopic (exact) mass is 1360 g/mol. The van der Waals surface area contributed by atoms with Crippen LogP contribution in [0, 0.1) is 13.8 Å². The number of ether oxygens (including phenoxy) is 5. The van der Waals surface area contributed by atoms with Gasteiger partial charge in [0.25, 0.3) is 17.7 Å². The Balaban J connectivity index is 0.866. The Hall–Kier alpha value is -11.6. The molecule has 1 fully saturated rings. The van der Waals surface area contributed by atoms with Gasteiger partial charge < -0.3 is 80.2 Å². The van der Waals surface area contributed by atoms with E-state index in [1.165, 1.54) is 55.5 Å². The minimum atomic E-state index is -2.03. The van der Waals surface area contributed by atoms with Crippen LogP contribution < -0.4 is 41.6 Å². The molecule has 2 aliphatic rings. The number of anilines is 2. The van der Waals surface area contributed by atoms with Gasteiger partial charge in [0, 0.05) is 106 Å². The molecule has 0 spiro atoms. The highest BCUT2D eigenvalue weighted by molar-refractivity contribution is 6.13. The number of benzene rings is 3. The maximum absolute atomic E-state index is 13.9. The van der Waals surface area contributed by atoms with Gasteiger partial charge >= 0.3 is 12.1 Å². The van der Waals surface area contributed by atoms with Crippen molar-refractivity contribution in [1.82, 2.24) is 58.8 Å². The van der Waals surface area contributed by atoms with Crippen molar-refractivity contribution in [3.63, 3.8) is 0 Å². The number of aliphatic hydroxyl groups is 3. The number of imide groups is 1. The number of fused-ring (bicyclic) bond motifs is 4. The average Bonchev–Trinajstić information content (AvgIpc) is 1.59. The van der Waals surface area contributed by atoms with Crippen molar-refractivity contribution in [2.75, 3.05) is 51.0 Å². The summed E-state index contributed by atoms with van der Waals surface area (Å²) in [7, 11) is 2.92. The average molecular weight is 1370 g/mol. The Labute approximate surface area is 562 Å². The van der Waals surface area contributed by atoms with Crippen LogP contribution in [0.1, 0.15) is 81.3 Å². The summed E-state index contributed by atoms with van der Waals surface area (Å²) < 4.78 is 35.9. The fourth-order valence-corrected chi connectivity index (χ4v) is 11.2. The van der Waals surface area contributed by atoms with E-state index in [-0.39, 0.29) is 111 Å². The number of hydrogen-bond acceptors (Lipinski definition) is 22. The predicted octanol–water partition coefficient (Wildman–Crippen LogP) is 2.43. The van der Waals surface area contributed by atoms with Crippen LogP contribution in [0.25, 0.3) is 44.5 Å². The van der Waals surface area contributed by atoms with Gasteiger partial charge in [0.05, 0.1) is 41.8 Å². The predicted molar refractivity (Wildman–Crippen MR) is 351 cm³/mol. The highest BCUT2D eigenvalue weighted by Crippen LogP contribution is 2.38. The number of methoxy groups -OCH3 is 1. The molecule has 3 aromatic carbocycles. The number of allylic oxidation sites excluding steroid dienone is 2. The number of amides is 8. The smallest absolute Gasteiger partial charge is 0.409 e. The lowest BCUT2D eigenvalue weighted by Crippen LogP contribution is -2.61. The van der Waals surface area contributed by atoms with E-state index in [4.69, 9.17) is 50.1 Å². The zero-order valence-electron chi connectivity index (χ0n) is 54.5. The molecule has 34 heteroatoms. The molecule has 0 aliphatic carbocycles. The molecule has 99 heavy (non-hydrogen) atoms. The minimum absolute atomic E-state index is 0.0204. The van der Waals surface area contributed by atoms with Crippen LogP contribution >= 0.6 is 0 Å². The number of nitrogens with one attached hydrogen (secondary N) is 3. The number of carbonyl (C=O) groups is 9. The number of imidazole rings is 1. The van der Waals surface area contributed by atoms with Crippen molar-refractivity contribution < 1.29 is 87.3 Å². The standard InChI is InChI=1S/C65H72N16O18/c1-7-80-42(24-33(3)74-80)59-69-31-39-38-27-36(57(66)89)30-46(51(38)78(60(39)72-59)20-9-10-21-79-52-41(28-37(58(67)90)29-45(52)95-6)71-64(79)73-61(91)43-25-34(4)75-81(43)8-2)96-23-11-19-76(5)65(94)97-32-35-12-13-44(98-63-55(88)53(86)54(87)56(99-63)62(92)93)40(26-35)70-48(83)16-18-68-47(82)17-22-77-49(84)14-15-50(77)85/h9-10,12-15,24-31,53-56,63,86-88H,7-8,11,16-23,32H2,1-6H3,(H2,66,89)(H2,67,90)(H,68,82)(H,70,83)(H,92,93)(H,71,73,91)/b10-9+/t53-,54-,55+,56-,63+/m0/s1. The van der Waals surface area contributed by atoms with Gasteiger partial charge in [-0.05, 0) is 88.2 Å². The summed E-state index contributed by atoms with van der Waals surface area (Å²) in [6.07, 6.45) is -3.57. The highest BCUT2D eigenvalue weighted by atomic mass is 16.7. The normalized spacial score (nSPS) is 16.8. The number of carboxylic acid groups (broad SMARTS) is 1. The van der Waals surface area contributed by atoms with Crippen molar-refractivity contribution in [2.45, 2.75) is 110 Å². The first-order valence-corrected chi connectivity index (χ1v) is 31.3. The van der Waals surface area contributed by atoms with Gasteiger partial charge in [-0.25, -0.2) is 24.5 Å². The Morgan fingerprint density at radius 1 is 0.758 bits per heavy atom. The maximum atomic E-state index is 13.9. The van der Waals surface area contributed by atoms with E-state index in [9.17, 15) is 63.6 Å². The molecule has 0 unspecified atom stereocenters. The lowest BCUT2D eigenvalue weighted by molar-refractivity contribution is -0.271. The third-order valence-corrected chi connectivity index (χ3v) is 16.2. The third kappa shape index (κ3) is 15.5. The van der Waals surface area contributed by atoms with E-state index in [1.807, 2.05) is 43.6 Å². The van der Waals surface area contributed by atoms with Crippen LogP contribution in [0.15, 0.2) is 85.1 Å². The lowest BCUT2D eigenvalue weighted by atomic mass is 9.99. The molecular weight excluding hydrogens is 1290 g/mol. The number of carbonyl (C=O) groups excluding carboxylic acids is 8. The van der Waals surface area contributed by atoms with Crippen molar-refractivity contribution in [3.05, 3.63) is 119 Å². The summed E-state index contributed by atoms with van der Waals surface area (Å²) in [5.41, 5.74) is 16.1. The molecule has 5 aromatic heterocycles. The molecule has 1 saturated heterocycles. The molecule has 11 N–H and O–H groups in total. The van der Waals surface area contributed by atoms with E-state index in [0.717, 1.165) is 22.7 Å². The van der Waals surface area contributed by atoms with E-state index in [2.05, 4.69) is 26.1 Å². The highest BCUT2D eigenvalue weighted by Gasteiger charge is 2.48. The summed E-state index contributed by atoms with van der Waals surface area (Å²) in [5.74, 6) is -5.23. The van der Waals surface area contributed by atoms with Gasteiger partial charge in [-0.3, -0.25) is 53.1 Å². The van der Waals surface area contributed by atoms with E-state index in [1.54, 1.807) is 39.2 Å². The Morgan fingerprint density at radius 2 is 1.44 bits per heavy atom. The van der Waals surface area contributed by atoms with Crippen LogP contribution in [0.2, 0.25) is 0 Å². The van der Waals surface area contributed by atoms with Gasteiger partial charge in [0.2, 0.25) is 35.9 Å². The number of primary amides is 2. The third-order valence-electron chi connectivity index (χ3n) is 16.2. The number of aliphatic carboxylic acids is 1. The molecule has 520 valence electrons. The molecule has 34 nitrogen and oxygen atoms in total. The van der Waals surface area contributed by atoms with E-state index < -0.39 is 84.1 Å². The molecule has 8 amide bonds. The van der Waals surface area contributed by atoms with Gasteiger partial charge in [0.15, 0.2) is 11.9 Å². The summed E-state index contributed by atoms with van der Waals surface area (Å²) in [4.78, 5) is 131. The molecule has 0 bridgehead atoms. The van der Waals surface area contributed by atoms with Crippen molar-refractivity contribution in [2.24, 2.45) is 11.5 Å². The number of carboxylic acids is 1. The van der Waals surface area contributed by atoms with Gasteiger partial charge in [-0.2, -0.15) is 10.2 Å². The summed E-state index contributed by atoms with van der Waals surface area (Å²) in [6, 6.07) is 13.7. The molecular formula is C65H72N16O18. The second kappa shape index (κ2) is 30.2. The largest absolute Gasteiger partial charge is 0.494 e. The quantitative estimate of drug-likeness (QED) is 0.0185. The van der Waals surface area contributed by atoms with Crippen LogP contribution in [0.5, 0.6) is 17.2 Å². The number of hydrogen-bond donors (Lipinski definition) is 9. The summed E-state index contributed by atoms with van der Waals surface area (Å²) in [5, 5.41) is 59.2. The molecule has 7 heterocycles. The molecule has 0 saturated carbocycles. The van der Waals surface area contributed by atoms with E-state index in [0.29, 0.717) is 69.0 Å². The number of aromatic nitrogens is 9. The minimum Gasteiger partial charge on any atom is -0.494 e. The Bertz CT molecular complexity index is 4550. The molecule has 8 aromatic rings. The maximum Gasteiger partial charge on any atom is 0.409 e. The number of rotatable bonds is 29. The van der Waals surface area contributed by atoms with Crippen molar-refractivity contribution in [3.8, 4) is 28.8 Å². The van der Waals surface area contributed by atoms with Gasteiger partial charge in [-0.15, -0.1) is 0 Å². The molecule has 5 atom stereocenters. The number of aliphatic hydroxyl groups excluding tert-OH is 3. The van der Waals surface area contributed by atoms with Crippen LogP contribution in [0.4, 0.5) is 16.4 Å². The van der Waals surface area contributed by atoms with Gasteiger partial charge in [-0.1, -0.05) is 18.2 Å².